The lowest BCUT2D eigenvalue weighted by Gasteiger charge is -2.07. The Bertz CT molecular complexity index is 600. The molecule has 0 heterocycles. The number of carbonyl (C=O) groups is 2. The van der Waals surface area contributed by atoms with Crippen LogP contribution in [0.2, 0.25) is 0 Å². The molecule has 0 spiro atoms. The van der Waals surface area contributed by atoms with Crippen LogP contribution in [0.15, 0.2) is 59.1 Å². The van der Waals surface area contributed by atoms with Gasteiger partial charge in [0.15, 0.2) is 0 Å². The molecule has 0 aliphatic heterocycles. The Hall–Kier alpha value is -2.34. The number of hydrogen-bond donors (Lipinski definition) is 2. The van der Waals surface area contributed by atoms with Crippen molar-refractivity contribution in [3.8, 4) is 0 Å². The first-order valence-electron chi connectivity index (χ1n) is 5.74. The van der Waals surface area contributed by atoms with Crippen molar-refractivity contribution in [3.63, 3.8) is 0 Å². The van der Waals surface area contributed by atoms with E-state index in [0.717, 1.165) is 4.47 Å². The minimum Gasteiger partial charge on any atom is -0.321 e. The second-order valence-corrected chi connectivity index (χ2v) is 4.73. The molecule has 0 radical (unpaired) electrons. The highest BCUT2D eigenvalue weighted by Crippen LogP contribution is 2.14. The Morgan fingerprint density at radius 1 is 0.950 bits per heavy atom. The smallest absolute Gasteiger partial charge is 0.321 e. The van der Waals surface area contributed by atoms with E-state index in [1.807, 2.05) is 0 Å². The SMILES string of the molecule is O=C(Nc1ccc(Br)cc1)ONC(=O)c1ccccc1. The van der Waals surface area contributed by atoms with Crippen molar-refractivity contribution in [2.45, 2.75) is 0 Å². The van der Waals surface area contributed by atoms with Gasteiger partial charge in [-0.15, -0.1) is 0 Å². The first kappa shape index (κ1) is 14.1. The summed E-state index contributed by atoms with van der Waals surface area (Å²) in [5.41, 5.74) is 3.04. The quantitative estimate of drug-likeness (QED) is 0.827. The van der Waals surface area contributed by atoms with Crippen LogP contribution in [0.1, 0.15) is 10.4 Å². The zero-order chi connectivity index (χ0) is 14.4. The Labute approximate surface area is 124 Å². The molecule has 0 aliphatic carbocycles. The lowest BCUT2D eigenvalue weighted by atomic mass is 10.2. The van der Waals surface area contributed by atoms with Gasteiger partial charge in [0.25, 0.3) is 5.91 Å². The second-order valence-electron chi connectivity index (χ2n) is 3.82. The van der Waals surface area contributed by atoms with Crippen LogP contribution < -0.4 is 10.8 Å². The first-order chi connectivity index (χ1) is 9.65. The molecule has 2 aromatic carbocycles. The van der Waals surface area contributed by atoms with E-state index >= 15 is 0 Å². The molecule has 0 unspecified atom stereocenters. The number of carbonyl (C=O) groups excluding carboxylic acids is 2. The van der Waals surface area contributed by atoms with Gasteiger partial charge in [-0.05, 0) is 36.4 Å². The van der Waals surface area contributed by atoms with E-state index in [2.05, 4.69) is 31.6 Å². The number of anilines is 1. The summed E-state index contributed by atoms with van der Waals surface area (Å²) in [6, 6.07) is 15.4. The zero-order valence-corrected chi connectivity index (χ0v) is 11.9. The molecule has 2 rings (SSSR count). The maximum Gasteiger partial charge on any atom is 0.436 e. The molecule has 0 bridgehead atoms. The lowest BCUT2D eigenvalue weighted by molar-refractivity contribution is 0.0615. The average Bonchev–Trinajstić information content (AvgIpc) is 2.48. The van der Waals surface area contributed by atoms with E-state index in [1.165, 1.54) is 0 Å². The molecule has 20 heavy (non-hydrogen) atoms. The fraction of sp³-hybridized carbons (Fsp3) is 0. The van der Waals surface area contributed by atoms with Crippen LogP contribution in [0.3, 0.4) is 0 Å². The summed E-state index contributed by atoms with van der Waals surface area (Å²) in [5, 5.41) is 2.48. The molecule has 2 amide bonds. The van der Waals surface area contributed by atoms with Crippen molar-refractivity contribution in [2.75, 3.05) is 5.32 Å². The number of nitrogens with one attached hydrogen (secondary N) is 2. The van der Waals surface area contributed by atoms with E-state index in [0.29, 0.717) is 11.3 Å². The standard InChI is InChI=1S/C14H11BrN2O3/c15-11-6-8-12(9-7-11)16-14(19)20-17-13(18)10-4-2-1-3-5-10/h1-9H,(H,16,19)(H,17,18). The first-order valence-corrected chi connectivity index (χ1v) is 6.53. The van der Waals surface area contributed by atoms with Gasteiger partial charge in [-0.2, -0.15) is 5.48 Å². The summed E-state index contributed by atoms with van der Waals surface area (Å²) in [5.74, 6) is -0.489. The molecule has 5 nitrogen and oxygen atoms in total. The van der Waals surface area contributed by atoms with Crippen molar-refractivity contribution in [1.82, 2.24) is 5.48 Å². The highest BCUT2D eigenvalue weighted by molar-refractivity contribution is 9.10. The number of hydroxylamine groups is 1. The van der Waals surface area contributed by atoms with E-state index in [1.54, 1.807) is 54.6 Å². The molecule has 0 aromatic heterocycles. The van der Waals surface area contributed by atoms with Crippen LogP contribution in [0.5, 0.6) is 0 Å². The van der Waals surface area contributed by atoms with Crippen molar-refractivity contribution < 1.29 is 14.4 Å². The molecular weight excluding hydrogens is 324 g/mol. The molecule has 0 atom stereocenters. The molecular formula is C14H11BrN2O3. The fourth-order valence-corrected chi connectivity index (χ4v) is 1.68. The third kappa shape index (κ3) is 4.10. The van der Waals surface area contributed by atoms with Crippen LogP contribution in [-0.4, -0.2) is 12.0 Å². The van der Waals surface area contributed by atoms with Gasteiger partial charge >= 0.3 is 6.09 Å². The molecule has 0 saturated carbocycles. The summed E-state index contributed by atoms with van der Waals surface area (Å²) in [6.45, 7) is 0. The van der Waals surface area contributed by atoms with Crippen molar-refractivity contribution in [2.24, 2.45) is 0 Å². The van der Waals surface area contributed by atoms with Crippen molar-refractivity contribution in [3.05, 3.63) is 64.6 Å². The van der Waals surface area contributed by atoms with Crippen LogP contribution in [0.4, 0.5) is 10.5 Å². The highest BCUT2D eigenvalue weighted by Gasteiger charge is 2.08. The van der Waals surface area contributed by atoms with Gasteiger partial charge < -0.3 is 4.84 Å². The summed E-state index contributed by atoms with van der Waals surface area (Å²) in [6.07, 6.45) is -0.767. The number of benzene rings is 2. The van der Waals surface area contributed by atoms with Gasteiger partial charge in [-0.25, -0.2) is 4.79 Å². The Kier molecular flexibility index (Phi) is 4.73. The zero-order valence-electron chi connectivity index (χ0n) is 10.3. The van der Waals surface area contributed by atoms with Gasteiger partial charge in [-0.3, -0.25) is 10.1 Å². The lowest BCUT2D eigenvalue weighted by Crippen LogP contribution is -2.29. The number of amides is 2. The third-order valence-corrected chi connectivity index (χ3v) is 2.89. The van der Waals surface area contributed by atoms with Gasteiger partial charge in [0.05, 0.1) is 0 Å². The van der Waals surface area contributed by atoms with Gasteiger partial charge in [0.2, 0.25) is 0 Å². The fourth-order valence-electron chi connectivity index (χ4n) is 1.42. The maximum atomic E-state index is 11.6. The monoisotopic (exact) mass is 334 g/mol. The number of hydrogen-bond acceptors (Lipinski definition) is 3. The predicted molar refractivity (Wildman–Crippen MR) is 78.2 cm³/mol. The molecule has 0 aliphatic rings. The second kappa shape index (κ2) is 6.72. The van der Waals surface area contributed by atoms with Crippen LogP contribution in [0, 0.1) is 0 Å². The van der Waals surface area contributed by atoms with E-state index in [-0.39, 0.29) is 0 Å². The topological polar surface area (TPSA) is 67.4 Å². The molecule has 2 N–H and O–H groups in total. The summed E-state index contributed by atoms with van der Waals surface area (Å²) in [4.78, 5) is 27.7. The van der Waals surface area contributed by atoms with Crippen LogP contribution >= 0.6 is 15.9 Å². The largest absolute Gasteiger partial charge is 0.436 e. The average molecular weight is 335 g/mol. The summed E-state index contributed by atoms with van der Waals surface area (Å²) >= 11 is 3.29. The van der Waals surface area contributed by atoms with E-state index in [4.69, 9.17) is 0 Å². The van der Waals surface area contributed by atoms with Gasteiger partial charge in [0, 0.05) is 15.7 Å². The van der Waals surface area contributed by atoms with E-state index in [9.17, 15) is 9.59 Å². The number of halogens is 1. The summed E-state index contributed by atoms with van der Waals surface area (Å²) < 4.78 is 0.897. The highest BCUT2D eigenvalue weighted by atomic mass is 79.9. The molecule has 0 fully saturated rings. The van der Waals surface area contributed by atoms with Gasteiger partial charge in [-0.1, -0.05) is 34.1 Å². The van der Waals surface area contributed by atoms with Crippen molar-refractivity contribution >= 4 is 33.6 Å². The maximum absolute atomic E-state index is 11.6. The molecule has 6 heteroatoms. The Morgan fingerprint density at radius 3 is 2.25 bits per heavy atom. The normalized spacial score (nSPS) is 9.65. The van der Waals surface area contributed by atoms with Crippen LogP contribution in [-0.2, 0) is 4.84 Å². The van der Waals surface area contributed by atoms with Gasteiger partial charge in [0.1, 0.15) is 0 Å². The van der Waals surface area contributed by atoms with E-state index < -0.39 is 12.0 Å². The minimum absolute atomic E-state index is 0.406. The molecule has 102 valence electrons. The predicted octanol–water partition coefficient (Wildman–Crippen LogP) is 3.34. The third-order valence-electron chi connectivity index (χ3n) is 2.36. The summed E-state index contributed by atoms with van der Waals surface area (Å²) in [7, 11) is 0. The number of rotatable bonds is 2. The Balaban J connectivity index is 1.83. The van der Waals surface area contributed by atoms with Crippen LogP contribution in [0.25, 0.3) is 0 Å². The van der Waals surface area contributed by atoms with Crippen molar-refractivity contribution in [1.29, 1.82) is 0 Å². The molecule has 2 aromatic rings. The molecule has 0 saturated heterocycles. The minimum atomic E-state index is -0.767. The Morgan fingerprint density at radius 2 is 1.60 bits per heavy atom.